The Kier molecular flexibility index (Phi) is 10.4. The molecule has 126 valence electrons. The van der Waals surface area contributed by atoms with Gasteiger partial charge in [0.25, 0.3) is 0 Å². The lowest BCUT2D eigenvalue weighted by molar-refractivity contribution is 0.133. The van der Waals surface area contributed by atoms with Crippen molar-refractivity contribution in [2.75, 3.05) is 26.2 Å². The van der Waals surface area contributed by atoms with Gasteiger partial charge in [0, 0.05) is 25.6 Å². The number of benzene rings is 1. The molecule has 0 amide bonds. The lowest BCUT2D eigenvalue weighted by atomic mass is 9.75. The first-order chi connectivity index (χ1) is 10.0. The van der Waals surface area contributed by atoms with Gasteiger partial charge in [0.1, 0.15) is 0 Å². The van der Waals surface area contributed by atoms with Crippen molar-refractivity contribution in [3.05, 3.63) is 35.9 Å². The Morgan fingerprint density at radius 3 is 2.14 bits per heavy atom. The third kappa shape index (κ3) is 6.52. The van der Waals surface area contributed by atoms with Gasteiger partial charge in [-0.2, -0.15) is 0 Å². The lowest BCUT2D eigenvalue weighted by Gasteiger charge is -2.32. The fraction of sp³-hybridized carbons (Fsp3) is 0.588. The second-order valence-corrected chi connectivity index (χ2v) is 5.86. The zero-order valence-corrected chi connectivity index (χ0v) is 16.4. The molecule has 0 aliphatic heterocycles. The zero-order chi connectivity index (χ0) is 15.7. The van der Waals surface area contributed by atoms with Crippen molar-refractivity contribution in [3.63, 3.8) is 0 Å². The molecule has 3 N–H and O–H groups in total. The van der Waals surface area contributed by atoms with Gasteiger partial charge in [0.05, 0.1) is 6.54 Å². The number of nitrogens with one attached hydrogen (secondary N) is 2. The first kappa shape index (κ1) is 21.2. The number of hydrogen-bond donors (Lipinski definition) is 3. The Labute approximate surface area is 151 Å². The van der Waals surface area contributed by atoms with Crippen molar-refractivity contribution in [2.24, 2.45) is 10.4 Å². The molecule has 0 bridgehead atoms. The van der Waals surface area contributed by atoms with Crippen LogP contribution in [0.5, 0.6) is 0 Å². The van der Waals surface area contributed by atoms with Gasteiger partial charge in [-0.3, -0.25) is 4.99 Å². The van der Waals surface area contributed by atoms with E-state index in [-0.39, 0.29) is 41.9 Å². The summed E-state index contributed by atoms with van der Waals surface area (Å²) in [7, 11) is 0. The Morgan fingerprint density at radius 2 is 1.68 bits per heavy atom. The molecule has 0 heterocycles. The van der Waals surface area contributed by atoms with Crippen LogP contribution < -0.4 is 10.6 Å². The molecule has 0 aromatic heterocycles. The van der Waals surface area contributed by atoms with E-state index in [1.165, 1.54) is 5.56 Å². The fourth-order valence-electron chi connectivity index (χ4n) is 2.29. The highest BCUT2D eigenvalue weighted by molar-refractivity contribution is 14.0. The van der Waals surface area contributed by atoms with E-state index in [0.29, 0.717) is 6.54 Å². The summed E-state index contributed by atoms with van der Waals surface area (Å²) in [4.78, 5) is 4.68. The molecule has 0 fully saturated rings. The van der Waals surface area contributed by atoms with Crippen molar-refractivity contribution >= 4 is 29.9 Å². The van der Waals surface area contributed by atoms with E-state index in [2.05, 4.69) is 55.5 Å². The lowest BCUT2D eigenvalue weighted by Crippen LogP contribution is -2.38. The van der Waals surface area contributed by atoms with Crippen LogP contribution in [0.15, 0.2) is 35.3 Å². The van der Waals surface area contributed by atoms with Crippen LogP contribution in [0.2, 0.25) is 0 Å². The fourth-order valence-corrected chi connectivity index (χ4v) is 2.29. The predicted molar refractivity (Wildman–Crippen MR) is 105 cm³/mol. The molecule has 0 aliphatic rings. The molecule has 0 radical (unpaired) electrons. The average molecular weight is 419 g/mol. The van der Waals surface area contributed by atoms with Gasteiger partial charge in [0.2, 0.25) is 0 Å². The number of rotatable bonds is 7. The molecule has 1 rings (SSSR count). The van der Waals surface area contributed by atoms with Crippen LogP contribution in [0.3, 0.4) is 0 Å². The molecular formula is C17H30IN3O. The number of aliphatic hydroxyl groups is 1. The standard InChI is InChI=1S/C17H29N3O.HI/c1-5-18-16(19-6-2)20-12-15(17(3,4)13-21)14-10-8-7-9-11-14;/h7-11,15,21H,5-6,12-13H2,1-4H3,(H2,18,19,20);1H. The second-order valence-electron chi connectivity index (χ2n) is 5.86. The topological polar surface area (TPSA) is 56.7 Å². The number of nitrogens with zero attached hydrogens (tertiary/aromatic N) is 1. The van der Waals surface area contributed by atoms with Gasteiger partial charge in [-0.15, -0.1) is 24.0 Å². The van der Waals surface area contributed by atoms with E-state index in [1.54, 1.807) is 0 Å². The molecule has 0 aliphatic carbocycles. The van der Waals surface area contributed by atoms with Crippen LogP contribution in [-0.2, 0) is 0 Å². The minimum atomic E-state index is -0.214. The quantitative estimate of drug-likeness (QED) is 0.362. The number of aliphatic hydroxyl groups excluding tert-OH is 1. The molecule has 22 heavy (non-hydrogen) atoms. The first-order valence-electron chi connectivity index (χ1n) is 7.73. The van der Waals surface area contributed by atoms with Crippen LogP contribution >= 0.6 is 24.0 Å². The Hall–Kier alpha value is -0.820. The molecule has 0 saturated heterocycles. The van der Waals surface area contributed by atoms with Crippen LogP contribution in [0.4, 0.5) is 0 Å². The molecule has 1 aromatic carbocycles. The van der Waals surface area contributed by atoms with E-state index in [4.69, 9.17) is 0 Å². The number of aliphatic imine (C=N–C) groups is 1. The second kappa shape index (κ2) is 10.8. The summed E-state index contributed by atoms with van der Waals surface area (Å²) in [5.74, 6) is 1.01. The maximum Gasteiger partial charge on any atom is 0.191 e. The Balaban J connectivity index is 0.00000441. The van der Waals surface area contributed by atoms with E-state index in [9.17, 15) is 5.11 Å². The number of hydrogen-bond acceptors (Lipinski definition) is 2. The SMILES string of the molecule is CCNC(=NCC(c1ccccc1)C(C)(C)CO)NCC.I. The summed E-state index contributed by atoms with van der Waals surface area (Å²) in [5.41, 5.74) is 1.00. The van der Waals surface area contributed by atoms with Gasteiger partial charge in [0.15, 0.2) is 5.96 Å². The molecule has 5 heteroatoms. The molecule has 1 aromatic rings. The van der Waals surface area contributed by atoms with Gasteiger partial charge in [-0.25, -0.2) is 0 Å². The van der Waals surface area contributed by atoms with E-state index < -0.39 is 0 Å². The molecule has 1 atom stereocenters. The molecule has 0 spiro atoms. The van der Waals surface area contributed by atoms with Crippen molar-refractivity contribution in [2.45, 2.75) is 33.6 Å². The summed E-state index contributed by atoms with van der Waals surface area (Å²) in [6, 6.07) is 10.3. The minimum Gasteiger partial charge on any atom is -0.396 e. The van der Waals surface area contributed by atoms with Gasteiger partial charge in [-0.1, -0.05) is 44.2 Å². The van der Waals surface area contributed by atoms with Crippen molar-refractivity contribution < 1.29 is 5.11 Å². The summed E-state index contributed by atoms with van der Waals surface area (Å²) in [5, 5.41) is 16.2. The number of guanidine groups is 1. The van der Waals surface area contributed by atoms with Crippen LogP contribution in [0.25, 0.3) is 0 Å². The highest BCUT2D eigenvalue weighted by Crippen LogP contribution is 2.35. The smallest absolute Gasteiger partial charge is 0.191 e. The van der Waals surface area contributed by atoms with Gasteiger partial charge < -0.3 is 15.7 Å². The summed E-state index contributed by atoms with van der Waals surface area (Å²) in [6.07, 6.45) is 0. The van der Waals surface area contributed by atoms with Crippen molar-refractivity contribution in [1.82, 2.24) is 10.6 Å². The van der Waals surface area contributed by atoms with Crippen molar-refractivity contribution in [3.8, 4) is 0 Å². The Bertz CT molecular complexity index is 427. The average Bonchev–Trinajstić information content (AvgIpc) is 2.48. The van der Waals surface area contributed by atoms with Crippen LogP contribution in [-0.4, -0.2) is 37.3 Å². The monoisotopic (exact) mass is 419 g/mol. The maximum absolute atomic E-state index is 9.72. The summed E-state index contributed by atoms with van der Waals surface area (Å²) < 4.78 is 0. The van der Waals surface area contributed by atoms with Crippen molar-refractivity contribution in [1.29, 1.82) is 0 Å². The van der Waals surface area contributed by atoms with Crippen LogP contribution in [0.1, 0.15) is 39.2 Å². The summed E-state index contributed by atoms with van der Waals surface area (Å²) in [6.45, 7) is 10.7. The largest absolute Gasteiger partial charge is 0.396 e. The number of halogens is 1. The van der Waals surface area contributed by atoms with Gasteiger partial charge >= 0.3 is 0 Å². The Morgan fingerprint density at radius 1 is 1.14 bits per heavy atom. The minimum absolute atomic E-state index is 0. The molecule has 1 unspecified atom stereocenters. The van der Waals surface area contributed by atoms with E-state index >= 15 is 0 Å². The van der Waals surface area contributed by atoms with Crippen LogP contribution in [0, 0.1) is 5.41 Å². The highest BCUT2D eigenvalue weighted by Gasteiger charge is 2.30. The zero-order valence-electron chi connectivity index (χ0n) is 14.1. The highest BCUT2D eigenvalue weighted by atomic mass is 127. The molecular weight excluding hydrogens is 389 g/mol. The van der Waals surface area contributed by atoms with Gasteiger partial charge in [-0.05, 0) is 24.8 Å². The maximum atomic E-state index is 9.72. The first-order valence-corrected chi connectivity index (χ1v) is 7.73. The molecule has 4 nitrogen and oxygen atoms in total. The summed E-state index contributed by atoms with van der Waals surface area (Å²) >= 11 is 0. The van der Waals surface area contributed by atoms with E-state index in [0.717, 1.165) is 19.0 Å². The van der Waals surface area contributed by atoms with E-state index in [1.807, 2.05) is 18.2 Å². The third-order valence-corrected chi connectivity index (χ3v) is 3.67. The third-order valence-electron chi connectivity index (χ3n) is 3.67. The molecule has 0 saturated carbocycles. The normalized spacial score (nSPS) is 12.0. The predicted octanol–water partition coefficient (Wildman–Crippen LogP) is 2.98.